The van der Waals surface area contributed by atoms with Crippen molar-refractivity contribution >= 4 is 27.5 Å². The summed E-state index contributed by atoms with van der Waals surface area (Å²) in [5.41, 5.74) is 15.8. The second kappa shape index (κ2) is 23.0. The molecule has 0 radical (unpaired) electrons. The first-order valence-corrected chi connectivity index (χ1v) is 29.0. The van der Waals surface area contributed by atoms with Crippen molar-refractivity contribution in [1.29, 1.82) is 5.26 Å². The Balaban J connectivity index is 1.04. The van der Waals surface area contributed by atoms with Crippen LogP contribution in [0.25, 0.3) is 157 Å². The van der Waals surface area contributed by atoms with Crippen LogP contribution in [0.3, 0.4) is 0 Å². The fraction of sp³-hybridized carbons (Fsp3) is 0. The third-order valence-electron chi connectivity index (χ3n) is 15.7. The molecule has 0 aliphatic carbocycles. The van der Waals surface area contributed by atoms with E-state index in [9.17, 15) is 5.26 Å². The molecule has 11 aromatic carbocycles. The van der Waals surface area contributed by atoms with Crippen LogP contribution in [0.1, 0.15) is 5.56 Å². The first kappa shape index (κ1) is 53.1. The zero-order chi connectivity index (χ0) is 59.6. The Hall–Kier alpha value is -12.7. The van der Waals surface area contributed by atoms with Gasteiger partial charge in [-0.1, -0.05) is 212 Å². The van der Waals surface area contributed by atoms with Crippen LogP contribution in [0.2, 0.25) is 0 Å². The molecule has 4 aromatic heterocycles. The first-order chi connectivity index (χ1) is 44.0. The van der Waals surface area contributed by atoms with E-state index >= 15 is 0 Å². The van der Waals surface area contributed by atoms with Gasteiger partial charge in [0.15, 0.2) is 46.5 Å². The zero-order valence-corrected chi connectivity index (χ0v) is 47.6. The molecule has 11 heteroatoms. The van der Waals surface area contributed by atoms with E-state index in [0.717, 1.165) is 106 Å². The van der Waals surface area contributed by atoms with E-state index in [1.54, 1.807) is 0 Å². The number of nitrogens with zero attached hydrogens (tertiary/aromatic N) is 11. The summed E-state index contributed by atoms with van der Waals surface area (Å²) in [6.07, 6.45) is 0. The summed E-state index contributed by atoms with van der Waals surface area (Å²) < 4.78 is 2.30. The van der Waals surface area contributed by atoms with Gasteiger partial charge in [-0.05, 0) is 83.9 Å². The molecule has 0 atom stereocenters. The summed E-state index contributed by atoms with van der Waals surface area (Å²) in [7, 11) is 0. The van der Waals surface area contributed by atoms with E-state index in [4.69, 9.17) is 46.4 Å². The summed E-state index contributed by atoms with van der Waals surface area (Å²) in [4.78, 5) is 45.4. The highest BCUT2D eigenvalue weighted by Gasteiger charge is 2.25. The van der Waals surface area contributed by atoms with Gasteiger partial charge in [0.25, 0.3) is 0 Å². The number of hydrogen-bond acceptors (Lipinski definition) is 9. The highest BCUT2D eigenvalue weighted by atomic mass is 15.0. The van der Waals surface area contributed by atoms with Crippen molar-refractivity contribution in [2.45, 2.75) is 0 Å². The highest BCUT2D eigenvalue weighted by Crippen LogP contribution is 2.46. The van der Waals surface area contributed by atoms with Crippen molar-refractivity contribution in [1.82, 2.24) is 44.4 Å². The second-order valence-corrected chi connectivity index (χ2v) is 21.3. The van der Waals surface area contributed by atoms with E-state index in [1.807, 2.05) is 224 Å². The van der Waals surface area contributed by atoms with Crippen molar-refractivity contribution in [3.05, 3.63) is 302 Å². The normalized spacial score (nSPS) is 11.1. The van der Waals surface area contributed by atoms with Crippen molar-refractivity contribution in [2.24, 2.45) is 0 Å². The molecule has 0 aliphatic heterocycles. The summed E-state index contributed by atoms with van der Waals surface area (Å²) in [5.74, 6) is 3.75. The van der Waals surface area contributed by atoms with Crippen LogP contribution in [-0.2, 0) is 0 Å². The maximum absolute atomic E-state index is 10.6. The summed E-state index contributed by atoms with van der Waals surface area (Å²) in [6.45, 7) is 8.30. The topological polar surface area (TPSA) is 136 Å². The minimum Gasteiger partial charge on any atom is -0.308 e. The molecule has 0 fully saturated rings. The number of benzene rings is 11. The van der Waals surface area contributed by atoms with Gasteiger partial charge >= 0.3 is 0 Å². The molecule has 0 saturated carbocycles. The number of hydrogen-bond donors (Lipinski definition) is 0. The molecule has 0 aliphatic rings. The molecule has 0 bridgehead atoms. The molecule has 15 aromatic rings. The predicted octanol–water partition coefficient (Wildman–Crippen LogP) is 18.7. The van der Waals surface area contributed by atoms with Crippen LogP contribution in [0.4, 0.5) is 5.69 Å². The van der Waals surface area contributed by atoms with E-state index in [0.29, 0.717) is 57.7 Å². The minimum atomic E-state index is 0.479. The number of fused-ring (bicyclic) bond motifs is 3. The van der Waals surface area contributed by atoms with Crippen LogP contribution in [0.15, 0.2) is 285 Å². The molecule has 0 N–H and O–H groups in total. The number of nitriles is 1. The van der Waals surface area contributed by atoms with E-state index < -0.39 is 0 Å². The largest absolute Gasteiger partial charge is 0.308 e. The van der Waals surface area contributed by atoms with Crippen molar-refractivity contribution in [3.8, 4) is 136 Å². The Kier molecular flexibility index (Phi) is 13.7. The van der Waals surface area contributed by atoms with Gasteiger partial charge in [0, 0.05) is 72.0 Å². The lowest BCUT2D eigenvalue weighted by Crippen LogP contribution is -2.03. The van der Waals surface area contributed by atoms with Crippen molar-refractivity contribution in [2.75, 3.05) is 0 Å². The van der Waals surface area contributed by atoms with E-state index in [-0.39, 0.29) is 0 Å². The van der Waals surface area contributed by atoms with E-state index in [1.165, 1.54) is 0 Å². The second-order valence-electron chi connectivity index (χ2n) is 21.3. The third kappa shape index (κ3) is 10.4. The monoisotopic (exact) mass is 1140 g/mol. The van der Waals surface area contributed by atoms with Gasteiger partial charge in [0.05, 0.1) is 46.3 Å². The average Bonchev–Trinajstić information content (AvgIpc) is 1.66. The zero-order valence-electron chi connectivity index (χ0n) is 47.6. The van der Waals surface area contributed by atoms with Crippen LogP contribution in [0, 0.1) is 17.9 Å². The van der Waals surface area contributed by atoms with Gasteiger partial charge in [0.2, 0.25) is 0 Å². The van der Waals surface area contributed by atoms with Gasteiger partial charge < -0.3 is 4.57 Å². The molecule has 11 nitrogen and oxygen atoms in total. The minimum absolute atomic E-state index is 0.479. The number of aromatic nitrogens is 9. The smallest absolute Gasteiger partial charge is 0.187 e. The lowest BCUT2D eigenvalue weighted by Gasteiger charge is -2.22. The van der Waals surface area contributed by atoms with Crippen LogP contribution in [-0.4, -0.2) is 44.4 Å². The molecule has 0 amide bonds. The molecule has 0 spiro atoms. The third-order valence-corrected chi connectivity index (χ3v) is 15.7. The van der Waals surface area contributed by atoms with Gasteiger partial charge in [-0.3, -0.25) is 0 Å². The Morgan fingerprint density at radius 1 is 0.292 bits per heavy atom. The SMILES string of the molecule is [C-]#[N+]c1cccc(-c2cc(-c3cc(-c4ccccc4)nc(-c4ccccc4)n3)cc(-c3cccc(C#N)c3)c2-n2c3ccc(-c4nc(-c5ccccc5)nc(-c5ccccc5)n4)cc3c3cc(-c4nc(-c5ccccc5)nc(-c5ccccc5)n4)ccc32)c1. The maximum Gasteiger partial charge on any atom is 0.187 e. The van der Waals surface area contributed by atoms with Crippen LogP contribution in [0.5, 0.6) is 0 Å². The first-order valence-electron chi connectivity index (χ1n) is 29.0. The van der Waals surface area contributed by atoms with Gasteiger partial charge in [0.1, 0.15) is 0 Å². The predicted molar refractivity (Wildman–Crippen MR) is 354 cm³/mol. The molecular weight excluding hydrogens is 1090 g/mol. The number of rotatable bonds is 12. The van der Waals surface area contributed by atoms with Crippen LogP contribution < -0.4 is 0 Å². The fourth-order valence-corrected chi connectivity index (χ4v) is 11.4. The van der Waals surface area contributed by atoms with Crippen LogP contribution >= 0.6 is 0 Å². The standard InChI is InChI=1S/C78H47N11/c1-80-62-37-21-36-58(43-62)64-47-61(68-48-67(51-23-8-2-9-24-51)81-72(82-68)52-25-10-3-11-26-52)46-63(57-35-20-22-50(42-57)49-79)71(64)89-69-40-38-59(77-85-73(53-27-12-4-13-28-53)83-74(86-77)54-29-14-5-15-30-54)44-65(69)66-45-60(39-41-70(66)89)78-87-75(55-31-16-6-17-32-55)84-76(88-78)56-33-18-7-19-34-56/h2-48H. The molecule has 0 saturated heterocycles. The average molecular weight is 1140 g/mol. The van der Waals surface area contributed by atoms with Gasteiger partial charge in [-0.25, -0.2) is 44.7 Å². The fourth-order valence-electron chi connectivity index (χ4n) is 11.4. The lowest BCUT2D eigenvalue weighted by molar-refractivity contribution is 1.07. The lowest BCUT2D eigenvalue weighted by atomic mass is 9.91. The molecule has 0 unspecified atom stereocenters. The maximum atomic E-state index is 10.6. The summed E-state index contributed by atoms with van der Waals surface area (Å²) in [5, 5.41) is 12.4. The summed E-state index contributed by atoms with van der Waals surface area (Å²) in [6, 6.07) is 97.0. The Morgan fingerprint density at radius 2 is 0.640 bits per heavy atom. The highest BCUT2D eigenvalue weighted by molar-refractivity contribution is 6.13. The summed E-state index contributed by atoms with van der Waals surface area (Å²) >= 11 is 0. The molecule has 414 valence electrons. The van der Waals surface area contributed by atoms with Crippen molar-refractivity contribution in [3.63, 3.8) is 0 Å². The Morgan fingerprint density at radius 3 is 1.04 bits per heavy atom. The van der Waals surface area contributed by atoms with Gasteiger partial charge in [-0.2, -0.15) is 5.26 Å². The Labute approximate surface area is 512 Å². The quantitative estimate of drug-likeness (QED) is 0.110. The Bertz CT molecular complexity index is 4820. The molecular formula is C78H47N11. The molecule has 89 heavy (non-hydrogen) atoms. The molecule has 4 heterocycles. The van der Waals surface area contributed by atoms with Gasteiger partial charge in [-0.15, -0.1) is 0 Å². The van der Waals surface area contributed by atoms with Crippen molar-refractivity contribution < 1.29 is 0 Å². The van der Waals surface area contributed by atoms with E-state index in [2.05, 4.69) is 76.1 Å². The molecule has 15 rings (SSSR count).